The Labute approximate surface area is 121 Å². The van der Waals surface area contributed by atoms with Crippen LogP contribution in [-0.4, -0.2) is 23.4 Å². The Kier molecular flexibility index (Phi) is 3.74. The third-order valence-corrected chi connectivity index (χ3v) is 4.40. The summed E-state index contributed by atoms with van der Waals surface area (Å²) in [5.41, 5.74) is 2.59. The van der Waals surface area contributed by atoms with Crippen molar-refractivity contribution in [3.63, 3.8) is 0 Å². The SMILES string of the molecule is CC1(C)Cc2cc(CNCC3CCC(O)C3)ccc2O1. The highest BCUT2D eigenvalue weighted by atomic mass is 16.5. The van der Waals surface area contributed by atoms with Gasteiger partial charge < -0.3 is 15.2 Å². The maximum absolute atomic E-state index is 9.53. The van der Waals surface area contributed by atoms with Crippen molar-refractivity contribution in [2.75, 3.05) is 6.54 Å². The minimum atomic E-state index is -0.0684. The van der Waals surface area contributed by atoms with E-state index >= 15 is 0 Å². The average molecular weight is 275 g/mol. The Bertz CT molecular complexity index is 484. The van der Waals surface area contributed by atoms with Crippen LogP contribution < -0.4 is 10.1 Å². The van der Waals surface area contributed by atoms with Gasteiger partial charge in [0.2, 0.25) is 0 Å². The monoisotopic (exact) mass is 275 g/mol. The summed E-state index contributed by atoms with van der Waals surface area (Å²) < 4.78 is 5.90. The molecular formula is C17H25NO2. The van der Waals surface area contributed by atoms with Crippen LogP contribution in [0.3, 0.4) is 0 Å². The first-order valence-corrected chi connectivity index (χ1v) is 7.71. The lowest BCUT2D eigenvalue weighted by atomic mass is 10.00. The first kappa shape index (κ1) is 13.9. The van der Waals surface area contributed by atoms with Crippen LogP contribution in [0.1, 0.15) is 44.2 Å². The molecule has 3 nitrogen and oxygen atoms in total. The molecule has 1 aromatic rings. The Morgan fingerprint density at radius 3 is 2.95 bits per heavy atom. The molecule has 1 aliphatic heterocycles. The summed E-state index contributed by atoms with van der Waals surface area (Å²) in [5, 5.41) is 13.1. The number of ether oxygens (including phenoxy) is 1. The zero-order valence-corrected chi connectivity index (χ0v) is 12.5. The molecule has 1 aliphatic carbocycles. The molecule has 1 heterocycles. The molecule has 2 N–H and O–H groups in total. The molecule has 3 heteroatoms. The number of aliphatic hydroxyl groups is 1. The van der Waals surface area contributed by atoms with Crippen molar-refractivity contribution in [2.45, 2.75) is 57.8 Å². The molecule has 2 unspecified atom stereocenters. The van der Waals surface area contributed by atoms with Gasteiger partial charge in [-0.25, -0.2) is 0 Å². The van der Waals surface area contributed by atoms with E-state index in [2.05, 4.69) is 37.4 Å². The molecule has 2 atom stereocenters. The summed E-state index contributed by atoms with van der Waals surface area (Å²) >= 11 is 0. The minimum Gasteiger partial charge on any atom is -0.487 e. The molecule has 1 aromatic carbocycles. The smallest absolute Gasteiger partial charge is 0.123 e. The van der Waals surface area contributed by atoms with E-state index in [-0.39, 0.29) is 11.7 Å². The number of aliphatic hydroxyl groups excluding tert-OH is 1. The summed E-state index contributed by atoms with van der Waals surface area (Å²) in [5.74, 6) is 1.68. The van der Waals surface area contributed by atoms with Crippen LogP contribution in [0.15, 0.2) is 18.2 Å². The van der Waals surface area contributed by atoms with Crippen LogP contribution in [0.4, 0.5) is 0 Å². The number of hydrogen-bond donors (Lipinski definition) is 2. The van der Waals surface area contributed by atoms with E-state index in [0.717, 1.165) is 44.5 Å². The highest BCUT2D eigenvalue weighted by Gasteiger charge is 2.29. The first-order valence-electron chi connectivity index (χ1n) is 7.71. The highest BCUT2D eigenvalue weighted by molar-refractivity contribution is 5.41. The lowest BCUT2D eigenvalue weighted by Gasteiger charge is -2.16. The topological polar surface area (TPSA) is 41.5 Å². The normalized spacial score (nSPS) is 27.4. The highest BCUT2D eigenvalue weighted by Crippen LogP contribution is 2.35. The van der Waals surface area contributed by atoms with Gasteiger partial charge in [-0.15, -0.1) is 0 Å². The maximum atomic E-state index is 9.53. The molecule has 0 bridgehead atoms. The van der Waals surface area contributed by atoms with Crippen LogP contribution in [-0.2, 0) is 13.0 Å². The van der Waals surface area contributed by atoms with Crippen molar-refractivity contribution in [3.05, 3.63) is 29.3 Å². The standard InChI is InChI=1S/C17H25NO2/c1-17(2)9-14-7-12(4-6-16(14)20-17)10-18-11-13-3-5-15(19)8-13/h4,6-7,13,15,18-19H,3,5,8-11H2,1-2H3. The molecule has 20 heavy (non-hydrogen) atoms. The molecule has 0 saturated heterocycles. The van der Waals surface area contributed by atoms with Crippen LogP contribution in [0.5, 0.6) is 5.75 Å². The fourth-order valence-electron chi connectivity index (χ4n) is 3.43. The number of benzene rings is 1. The zero-order valence-electron chi connectivity index (χ0n) is 12.5. The quantitative estimate of drug-likeness (QED) is 0.887. The summed E-state index contributed by atoms with van der Waals surface area (Å²) in [6.07, 6.45) is 4.00. The number of nitrogens with one attached hydrogen (secondary N) is 1. The maximum Gasteiger partial charge on any atom is 0.123 e. The Morgan fingerprint density at radius 1 is 1.35 bits per heavy atom. The van der Waals surface area contributed by atoms with Gasteiger partial charge >= 0.3 is 0 Å². The van der Waals surface area contributed by atoms with Gasteiger partial charge in [0, 0.05) is 13.0 Å². The molecule has 1 saturated carbocycles. The number of rotatable bonds is 4. The molecule has 0 amide bonds. The molecule has 0 radical (unpaired) electrons. The van der Waals surface area contributed by atoms with Crippen LogP contribution in [0.2, 0.25) is 0 Å². The van der Waals surface area contributed by atoms with E-state index in [4.69, 9.17) is 4.74 Å². The molecular weight excluding hydrogens is 250 g/mol. The van der Waals surface area contributed by atoms with Crippen molar-refractivity contribution in [3.8, 4) is 5.75 Å². The first-order chi connectivity index (χ1) is 9.52. The van der Waals surface area contributed by atoms with E-state index in [1.54, 1.807) is 0 Å². The second kappa shape index (κ2) is 5.38. The van der Waals surface area contributed by atoms with Gasteiger partial charge in [0.25, 0.3) is 0 Å². The van der Waals surface area contributed by atoms with E-state index in [9.17, 15) is 5.11 Å². The van der Waals surface area contributed by atoms with E-state index in [1.165, 1.54) is 11.1 Å². The van der Waals surface area contributed by atoms with Gasteiger partial charge in [-0.1, -0.05) is 12.1 Å². The van der Waals surface area contributed by atoms with Gasteiger partial charge in [0.15, 0.2) is 0 Å². The summed E-state index contributed by atoms with van der Waals surface area (Å²) in [6, 6.07) is 6.51. The predicted molar refractivity (Wildman–Crippen MR) is 79.9 cm³/mol. The second-order valence-electron chi connectivity index (χ2n) is 6.94. The summed E-state index contributed by atoms with van der Waals surface area (Å²) in [4.78, 5) is 0. The predicted octanol–water partition coefficient (Wildman–Crippen LogP) is 2.65. The largest absolute Gasteiger partial charge is 0.487 e. The van der Waals surface area contributed by atoms with Crippen molar-refractivity contribution < 1.29 is 9.84 Å². The average Bonchev–Trinajstić information content (AvgIpc) is 2.90. The molecule has 3 rings (SSSR count). The second-order valence-corrected chi connectivity index (χ2v) is 6.94. The van der Waals surface area contributed by atoms with Crippen LogP contribution in [0, 0.1) is 5.92 Å². The van der Waals surface area contributed by atoms with Crippen molar-refractivity contribution in [1.29, 1.82) is 0 Å². The van der Waals surface area contributed by atoms with E-state index in [0.29, 0.717) is 5.92 Å². The summed E-state index contributed by atoms with van der Waals surface area (Å²) in [7, 11) is 0. The Balaban J connectivity index is 1.52. The van der Waals surface area contributed by atoms with Crippen LogP contribution in [0.25, 0.3) is 0 Å². The van der Waals surface area contributed by atoms with Gasteiger partial charge in [0.05, 0.1) is 6.10 Å². The number of fused-ring (bicyclic) bond motifs is 1. The Morgan fingerprint density at radius 2 is 2.20 bits per heavy atom. The Hall–Kier alpha value is -1.06. The van der Waals surface area contributed by atoms with Gasteiger partial charge in [0.1, 0.15) is 11.4 Å². The van der Waals surface area contributed by atoms with Crippen molar-refractivity contribution in [1.82, 2.24) is 5.32 Å². The lowest BCUT2D eigenvalue weighted by molar-refractivity contribution is 0.138. The zero-order chi connectivity index (χ0) is 14.2. The van der Waals surface area contributed by atoms with Crippen molar-refractivity contribution in [2.24, 2.45) is 5.92 Å². The number of hydrogen-bond acceptors (Lipinski definition) is 3. The van der Waals surface area contributed by atoms with Gasteiger partial charge in [-0.2, -0.15) is 0 Å². The third-order valence-electron chi connectivity index (χ3n) is 4.40. The fourth-order valence-corrected chi connectivity index (χ4v) is 3.43. The molecule has 0 aromatic heterocycles. The molecule has 1 fully saturated rings. The third kappa shape index (κ3) is 3.15. The van der Waals surface area contributed by atoms with Crippen LogP contribution >= 0.6 is 0 Å². The lowest BCUT2D eigenvalue weighted by Crippen LogP contribution is -2.24. The summed E-state index contributed by atoms with van der Waals surface area (Å²) in [6.45, 7) is 6.18. The van der Waals surface area contributed by atoms with Gasteiger partial charge in [-0.05, 0) is 62.8 Å². The minimum absolute atomic E-state index is 0.0611. The van der Waals surface area contributed by atoms with E-state index in [1.807, 2.05) is 0 Å². The van der Waals surface area contributed by atoms with Gasteiger partial charge in [-0.3, -0.25) is 0 Å². The van der Waals surface area contributed by atoms with E-state index < -0.39 is 0 Å². The van der Waals surface area contributed by atoms with Crippen molar-refractivity contribution >= 4 is 0 Å². The molecule has 0 spiro atoms. The molecule has 2 aliphatic rings. The molecule has 110 valence electrons. The fraction of sp³-hybridized carbons (Fsp3) is 0.647.